The molecule has 0 aromatic carbocycles. The molecule has 2 heterocycles. The van der Waals surface area contributed by atoms with Gasteiger partial charge in [-0.15, -0.1) is 11.3 Å². The van der Waals surface area contributed by atoms with Crippen molar-refractivity contribution in [1.82, 2.24) is 15.5 Å². The molecule has 0 atom stereocenters. The number of anilines is 1. The summed E-state index contributed by atoms with van der Waals surface area (Å²) in [6.07, 6.45) is 0. The van der Waals surface area contributed by atoms with E-state index in [1.54, 1.807) is 12.1 Å². The molecule has 2 aromatic rings. The van der Waals surface area contributed by atoms with Crippen LogP contribution < -0.4 is 11.1 Å². The fourth-order valence-electron chi connectivity index (χ4n) is 1.12. The molecule has 2 aromatic heterocycles. The van der Waals surface area contributed by atoms with Crippen LogP contribution in [-0.2, 0) is 0 Å². The molecule has 84 valence electrons. The highest BCUT2D eigenvalue weighted by molar-refractivity contribution is 7.19. The summed E-state index contributed by atoms with van der Waals surface area (Å²) in [6, 6.07) is 3.52. The van der Waals surface area contributed by atoms with Gasteiger partial charge in [-0.3, -0.25) is 4.79 Å². The Balaban J connectivity index is 2.22. The van der Waals surface area contributed by atoms with E-state index in [1.165, 1.54) is 11.3 Å². The first-order chi connectivity index (χ1) is 7.70. The van der Waals surface area contributed by atoms with E-state index in [4.69, 9.17) is 10.3 Å². The lowest BCUT2D eigenvalue weighted by atomic mass is 10.4. The summed E-state index contributed by atoms with van der Waals surface area (Å²) in [6.45, 7) is 2.34. The fourth-order valence-corrected chi connectivity index (χ4v) is 1.82. The van der Waals surface area contributed by atoms with Crippen LogP contribution in [0.3, 0.4) is 0 Å². The maximum absolute atomic E-state index is 11.4. The summed E-state index contributed by atoms with van der Waals surface area (Å²) in [5.74, 6) is -0.00574. The van der Waals surface area contributed by atoms with Gasteiger partial charge in [0, 0.05) is 6.54 Å². The van der Waals surface area contributed by atoms with Crippen molar-refractivity contribution in [2.75, 3.05) is 12.3 Å². The predicted molar refractivity (Wildman–Crippen MR) is 60.0 cm³/mol. The maximum Gasteiger partial charge on any atom is 0.292 e. The number of thiophene rings is 1. The Hall–Kier alpha value is -1.89. The van der Waals surface area contributed by atoms with E-state index >= 15 is 0 Å². The largest absolute Gasteiger partial charge is 0.391 e. The number of hydrogen-bond acceptors (Lipinski definition) is 6. The van der Waals surface area contributed by atoms with Gasteiger partial charge in [0.2, 0.25) is 0 Å². The van der Waals surface area contributed by atoms with Crippen LogP contribution in [-0.4, -0.2) is 22.6 Å². The van der Waals surface area contributed by atoms with E-state index < -0.39 is 0 Å². The molecular weight excluding hydrogens is 228 g/mol. The molecule has 0 aliphatic heterocycles. The minimum absolute atomic E-state index is 0.0313. The van der Waals surface area contributed by atoms with E-state index in [0.29, 0.717) is 17.4 Å². The van der Waals surface area contributed by atoms with Gasteiger partial charge < -0.3 is 15.6 Å². The second kappa shape index (κ2) is 4.31. The summed E-state index contributed by atoms with van der Waals surface area (Å²) in [5, 5.41) is 6.83. The van der Waals surface area contributed by atoms with Crippen molar-refractivity contribution >= 4 is 22.2 Å². The second-order valence-corrected chi connectivity index (χ2v) is 4.10. The Bertz CT molecular complexity index is 505. The summed E-state index contributed by atoms with van der Waals surface area (Å²) in [4.78, 5) is 16.1. The molecule has 0 fully saturated rings. The van der Waals surface area contributed by atoms with Gasteiger partial charge >= 0.3 is 0 Å². The molecule has 7 heteroatoms. The molecule has 2 rings (SSSR count). The Kier molecular flexibility index (Phi) is 2.86. The molecule has 0 bridgehead atoms. The summed E-state index contributed by atoms with van der Waals surface area (Å²) in [7, 11) is 0. The third-order valence-corrected chi connectivity index (χ3v) is 2.71. The van der Waals surface area contributed by atoms with Gasteiger partial charge in [-0.1, -0.05) is 5.16 Å². The molecular formula is C9H10N4O2S. The van der Waals surface area contributed by atoms with E-state index in [0.717, 1.165) is 4.88 Å². The van der Waals surface area contributed by atoms with Crippen molar-refractivity contribution in [3.63, 3.8) is 0 Å². The Morgan fingerprint density at radius 1 is 1.62 bits per heavy atom. The van der Waals surface area contributed by atoms with Crippen LogP contribution in [0.4, 0.5) is 5.00 Å². The monoisotopic (exact) mass is 238 g/mol. The average molecular weight is 238 g/mol. The number of nitrogens with two attached hydrogens (primary N) is 1. The Labute approximate surface area is 95.5 Å². The molecule has 0 aliphatic carbocycles. The van der Waals surface area contributed by atoms with Crippen LogP contribution in [0.2, 0.25) is 0 Å². The third kappa shape index (κ3) is 2.03. The molecule has 0 spiro atoms. The molecule has 3 N–H and O–H groups in total. The number of amides is 1. The quantitative estimate of drug-likeness (QED) is 0.835. The first-order valence-corrected chi connectivity index (χ1v) is 5.50. The first-order valence-electron chi connectivity index (χ1n) is 4.68. The highest BCUT2D eigenvalue weighted by Crippen LogP contribution is 2.27. The van der Waals surface area contributed by atoms with E-state index in [1.807, 2.05) is 6.92 Å². The Morgan fingerprint density at radius 3 is 3.06 bits per heavy atom. The summed E-state index contributed by atoms with van der Waals surface area (Å²) < 4.78 is 4.96. The second-order valence-electron chi connectivity index (χ2n) is 2.98. The van der Waals surface area contributed by atoms with Crippen LogP contribution in [0.1, 0.15) is 17.5 Å². The zero-order valence-electron chi connectivity index (χ0n) is 8.56. The molecule has 0 aliphatic rings. The van der Waals surface area contributed by atoms with Crippen LogP contribution >= 0.6 is 11.3 Å². The molecule has 6 nitrogen and oxygen atoms in total. The lowest BCUT2D eigenvalue weighted by molar-refractivity contribution is 0.0942. The van der Waals surface area contributed by atoms with Gasteiger partial charge in [-0.05, 0) is 19.1 Å². The standard InChI is InChI=1S/C9H10N4O2S/c1-2-11-8(14)7-12-9(15-13-7)5-3-4-6(10)16-5/h3-4H,2,10H2,1H3,(H,11,14). The minimum atomic E-state index is -0.345. The zero-order valence-corrected chi connectivity index (χ0v) is 9.37. The van der Waals surface area contributed by atoms with Crippen LogP contribution in [0.5, 0.6) is 0 Å². The molecule has 16 heavy (non-hydrogen) atoms. The van der Waals surface area contributed by atoms with Crippen molar-refractivity contribution in [3.8, 4) is 10.8 Å². The maximum atomic E-state index is 11.4. The Morgan fingerprint density at radius 2 is 2.44 bits per heavy atom. The number of aromatic nitrogens is 2. The van der Waals surface area contributed by atoms with Crippen molar-refractivity contribution in [2.45, 2.75) is 6.92 Å². The number of carbonyl (C=O) groups is 1. The molecule has 0 saturated carbocycles. The molecule has 1 amide bonds. The van der Waals surface area contributed by atoms with E-state index in [-0.39, 0.29) is 11.7 Å². The number of rotatable bonds is 3. The van der Waals surface area contributed by atoms with Gasteiger partial charge in [0.25, 0.3) is 17.6 Å². The highest BCUT2D eigenvalue weighted by Gasteiger charge is 2.15. The van der Waals surface area contributed by atoms with E-state index in [2.05, 4.69) is 15.5 Å². The van der Waals surface area contributed by atoms with Gasteiger partial charge in [0.1, 0.15) is 0 Å². The normalized spacial score (nSPS) is 10.3. The number of hydrogen-bond donors (Lipinski definition) is 2. The average Bonchev–Trinajstić information content (AvgIpc) is 2.85. The van der Waals surface area contributed by atoms with Crippen molar-refractivity contribution in [1.29, 1.82) is 0 Å². The van der Waals surface area contributed by atoms with Crippen LogP contribution in [0.25, 0.3) is 10.8 Å². The lowest BCUT2D eigenvalue weighted by Gasteiger charge is -1.93. The zero-order chi connectivity index (χ0) is 11.5. The third-order valence-electron chi connectivity index (χ3n) is 1.80. The van der Waals surface area contributed by atoms with Crippen LogP contribution in [0, 0.1) is 0 Å². The number of nitrogens with one attached hydrogen (secondary N) is 1. The predicted octanol–water partition coefficient (Wildman–Crippen LogP) is 1.13. The minimum Gasteiger partial charge on any atom is -0.391 e. The topological polar surface area (TPSA) is 94.0 Å². The van der Waals surface area contributed by atoms with E-state index in [9.17, 15) is 4.79 Å². The van der Waals surface area contributed by atoms with Crippen LogP contribution in [0.15, 0.2) is 16.7 Å². The number of nitrogen functional groups attached to an aromatic ring is 1. The first kappa shape index (κ1) is 10.6. The van der Waals surface area contributed by atoms with Crippen molar-refractivity contribution in [3.05, 3.63) is 18.0 Å². The van der Waals surface area contributed by atoms with Crippen molar-refractivity contribution in [2.24, 2.45) is 0 Å². The number of nitrogens with zero attached hydrogens (tertiary/aromatic N) is 2. The van der Waals surface area contributed by atoms with Crippen molar-refractivity contribution < 1.29 is 9.32 Å². The summed E-state index contributed by atoms with van der Waals surface area (Å²) >= 11 is 1.33. The van der Waals surface area contributed by atoms with Gasteiger partial charge in [-0.25, -0.2) is 0 Å². The molecule has 0 radical (unpaired) electrons. The fraction of sp³-hybridized carbons (Fsp3) is 0.222. The van der Waals surface area contributed by atoms with Gasteiger partial charge in [0.15, 0.2) is 0 Å². The lowest BCUT2D eigenvalue weighted by Crippen LogP contribution is -2.23. The molecule has 0 unspecified atom stereocenters. The molecule has 0 saturated heterocycles. The highest BCUT2D eigenvalue weighted by atomic mass is 32.1. The summed E-state index contributed by atoms with van der Waals surface area (Å²) in [5.41, 5.74) is 5.58. The SMILES string of the molecule is CCNC(=O)c1noc(-c2ccc(N)s2)n1. The van der Waals surface area contributed by atoms with Gasteiger partial charge in [0.05, 0.1) is 9.88 Å². The smallest absolute Gasteiger partial charge is 0.292 e. The van der Waals surface area contributed by atoms with Gasteiger partial charge in [-0.2, -0.15) is 4.98 Å². The number of carbonyl (C=O) groups excluding carboxylic acids is 1.